The number of hydrogen-bond donors (Lipinski definition) is 1. The van der Waals surface area contributed by atoms with E-state index in [9.17, 15) is 30.1 Å². The number of nitro benzene ring substituents is 1. The monoisotopic (exact) mass is 378 g/mol. The number of carbonyl (C=O) groups is 2. The summed E-state index contributed by atoms with van der Waals surface area (Å²) in [6.07, 6.45) is -0.504. The van der Waals surface area contributed by atoms with Crippen molar-refractivity contribution in [3.63, 3.8) is 0 Å². The van der Waals surface area contributed by atoms with E-state index in [4.69, 9.17) is 9.47 Å². The van der Waals surface area contributed by atoms with Crippen LogP contribution in [0.5, 0.6) is 11.5 Å². The van der Waals surface area contributed by atoms with E-state index in [0.29, 0.717) is 0 Å². The molecule has 27 heavy (non-hydrogen) atoms. The predicted molar refractivity (Wildman–Crippen MR) is 90.5 cm³/mol. The Hall–Kier alpha value is -3.55. The molecule has 1 aromatic rings. The van der Waals surface area contributed by atoms with Crippen LogP contribution in [-0.2, 0) is 4.74 Å². The van der Waals surface area contributed by atoms with Gasteiger partial charge in [0.05, 0.1) is 24.2 Å². The number of amides is 2. The highest BCUT2D eigenvalue weighted by atomic mass is 16.6. The highest BCUT2D eigenvalue weighted by molar-refractivity contribution is 6.02. The molecule has 1 N–H and O–H groups in total. The Kier molecular flexibility index (Phi) is 6.02. The smallest absolute Gasteiger partial charge is 0.409 e. The van der Waals surface area contributed by atoms with E-state index in [2.05, 4.69) is 0 Å². The fraction of sp³-hybridized carbons (Fsp3) is 0.438. The van der Waals surface area contributed by atoms with Crippen LogP contribution in [0.25, 0.3) is 0 Å². The standard InChI is InChI=1S/C16H18N4O7/c1-3-27-16(23)19-6-4-18(5-7-19)15(22)12-10(9-17)8-11(26-2)14(21)13(12)20(24)25/h8,21H,3-7H2,1-2H3. The molecule has 144 valence electrons. The molecule has 11 heteroatoms. The number of ether oxygens (including phenoxy) is 2. The first-order chi connectivity index (χ1) is 12.8. The molecule has 0 atom stereocenters. The van der Waals surface area contributed by atoms with Gasteiger partial charge in [-0.25, -0.2) is 4.79 Å². The SMILES string of the molecule is CCOC(=O)N1CCN(C(=O)c2c(C#N)cc(OC)c(O)c2[N+](=O)[O-])CC1. The summed E-state index contributed by atoms with van der Waals surface area (Å²) < 4.78 is 9.73. The van der Waals surface area contributed by atoms with Gasteiger partial charge in [-0.3, -0.25) is 14.9 Å². The first-order valence-corrected chi connectivity index (χ1v) is 8.05. The molecule has 0 aromatic heterocycles. The van der Waals surface area contributed by atoms with Crippen LogP contribution in [0.1, 0.15) is 22.8 Å². The van der Waals surface area contributed by atoms with E-state index in [0.717, 1.165) is 6.07 Å². The maximum atomic E-state index is 12.8. The molecule has 1 saturated heterocycles. The highest BCUT2D eigenvalue weighted by Gasteiger charge is 2.35. The van der Waals surface area contributed by atoms with Crippen molar-refractivity contribution in [2.24, 2.45) is 0 Å². The summed E-state index contributed by atoms with van der Waals surface area (Å²) in [6.45, 7) is 2.47. The van der Waals surface area contributed by atoms with Gasteiger partial charge in [0.1, 0.15) is 11.6 Å². The molecule has 0 unspecified atom stereocenters. The summed E-state index contributed by atoms with van der Waals surface area (Å²) in [6, 6.07) is 2.80. The number of phenols is 1. The second-order valence-corrected chi connectivity index (χ2v) is 5.55. The average Bonchev–Trinajstić information content (AvgIpc) is 2.67. The lowest BCUT2D eigenvalue weighted by Crippen LogP contribution is -2.50. The fourth-order valence-corrected chi connectivity index (χ4v) is 2.74. The van der Waals surface area contributed by atoms with E-state index < -0.39 is 33.9 Å². The molecule has 0 spiro atoms. The number of piperazine rings is 1. The Bertz CT molecular complexity index is 810. The van der Waals surface area contributed by atoms with Crippen molar-refractivity contribution in [1.29, 1.82) is 5.26 Å². The zero-order valence-electron chi connectivity index (χ0n) is 14.8. The van der Waals surface area contributed by atoms with Crippen LogP contribution in [0.3, 0.4) is 0 Å². The van der Waals surface area contributed by atoms with Gasteiger partial charge in [-0.15, -0.1) is 0 Å². The third-order valence-electron chi connectivity index (χ3n) is 4.07. The number of methoxy groups -OCH3 is 1. The van der Waals surface area contributed by atoms with Gasteiger partial charge in [0.25, 0.3) is 5.91 Å². The van der Waals surface area contributed by atoms with E-state index in [-0.39, 0.29) is 44.1 Å². The Morgan fingerprint density at radius 3 is 2.41 bits per heavy atom. The van der Waals surface area contributed by atoms with Crippen LogP contribution in [0.2, 0.25) is 0 Å². The molecule has 0 radical (unpaired) electrons. The number of aromatic hydroxyl groups is 1. The van der Waals surface area contributed by atoms with E-state index in [1.54, 1.807) is 13.0 Å². The number of phenolic OH excluding ortho intramolecular Hbond substituents is 1. The molecule has 0 bridgehead atoms. The lowest BCUT2D eigenvalue weighted by molar-refractivity contribution is -0.386. The molecule has 2 amide bonds. The maximum Gasteiger partial charge on any atom is 0.409 e. The highest BCUT2D eigenvalue weighted by Crippen LogP contribution is 2.41. The summed E-state index contributed by atoms with van der Waals surface area (Å²) in [5.41, 5.74) is -1.68. The van der Waals surface area contributed by atoms with Crippen molar-refractivity contribution >= 4 is 17.7 Å². The molecule has 0 saturated carbocycles. The molecule has 1 heterocycles. The second-order valence-electron chi connectivity index (χ2n) is 5.55. The van der Waals surface area contributed by atoms with Crippen LogP contribution < -0.4 is 4.74 Å². The minimum atomic E-state index is -0.930. The maximum absolute atomic E-state index is 12.8. The van der Waals surface area contributed by atoms with Gasteiger partial charge in [-0.2, -0.15) is 5.26 Å². The third-order valence-corrected chi connectivity index (χ3v) is 4.07. The number of benzene rings is 1. The summed E-state index contributed by atoms with van der Waals surface area (Å²) in [5, 5.41) is 30.8. The molecule has 0 aliphatic carbocycles. The molecule has 2 rings (SSSR count). The molecular formula is C16H18N4O7. The van der Waals surface area contributed by atoms with Crippen molar-refractivity contribution in [3.8, 4) is 17.6 Å². The molecular weight excluding hydrogens is 360 g/mol. The quantitative estimate of drug-likeness (QED) is 0.605. The van der Waals surface area contributed by atoms with Crippen molar-refractivity contribution in [2.45, 2.75) is 6.92 Å². The lowest BCUT2D eigenvalue weighted by Gasteiger charge is -2.34. The number of rotatable bonds is 4. The van der Waals surface area contributed by atoms with Gasteiger partial charge in [0.15, 0.2) is 5.75 Å². The number of nitriles is 1. The molecule has 1 fully saturated rings. The van der Waals surface area contributed by atoms with E-state index in [1.165, 1.54) is 16.9 Å². The summed E-state index contributed by atoms with van der Waals surface area (Å²) in [7, 11) is 1.18. The van der Waals surface area contributed by atoms with Gasteiger partial charge < -0.3 is 24.4 Å². The van der Waals surface area contributed by atoms with Crippen molar-refractivity contribution in [1.82, 2.24) is 9.80 Å². The summed E-state index contributed by atoms with van der Waals surface area (Å²) in [4.78, 5) is 37.8. The number of nitro groups is 1. The van der Waals surface area contributed by atoms with Gasteiger partial charge >= 0.3 is 11.8 Å². The van der Waals surface area contributed by atoms with Crippen LogP contribution in [0.4, 0.5) is 10.5 Å². The molecule has 1 aliphatic heterocycles. The zero-order chi connectivity index (χ0) is 20.1. The number of nitrogens with zero attached hydrogens (tertiary/aromatic N) is 4. The largest absolute Gasteiger partial charge is 0.499 e. The molecule has 11 nitrogen and oxygen atoms in total. The minimum absolute atomic E-state index is 0.104. The topological polar surface area (TPSA) is 146 Å². The normalized spacial score (nSPS) is 13.7. The van der Waals surface area contributed by atoms with Crippen molar-refractivity contribution < 1.29 is 29.1 Å². The van der Waals surface area contributed by atoms with Crippen molar-refractivity contribution in [2.75, 3.05) is 39.9 Å². The first kappa shape index (κ1) is 19.8. The first-order valence-electron chi connectivity index (χ1n) is 8.05. The number of hydrogen-bond acceptors (Lipinski definition) is 8. The van der Waals surface area contributed by atoms with Gasteiger partial charge in [-0.1, -0.05) is 0 Å². The van der Waals surface area contributed by atoms with Crippen LogP contribution in [-0.4, -0.2) is 71.7 Å². The Morgan fingerprint density at radius 2 is 1.93 bits per heavy atom. The summed E-state index contributed by atoms with van der Waals surface area (Å²) >= 11 is 0. The van der Waals surface area contributed by atoms with Gasteiger partial charge in [0.2, 0.25) is 5.75 Å². The average molecular weight is 378 g/mol. The molecule has 1 aliphatic rings. The minimum Gasteiger partial charge on any atom is -0.499 e. The zero-order valence-corrected chi connectivity index (χ0v) is 14.8. The Labute approximate surface area is 154 Å². The number of carbonyl (C=O) groups excluding carboxylic acids is 2. The predicted octanol–water partition coefficient (Wildman–Crippen LogP) is 1.09. The Balaban J connectivity index is 2.34. The third kappa shape index (κ3) is 3.84. The van der Waals surface area contributed by atoms with Crippen LogP contribution >= 0.6 is 0 Å². The van der Waals surface area contributed by atoms with Gasteiger partial charge in [-0.05, 0) is 6.92 Å². The van der Waals surface area contributed by atoms with E-state index >= 15 is 0 Å². The fourth-order valence-electron chi connectivity index (χ4n) is 2.74. The second kappa shape index (κ2) is 8.22. The van der Waals surface area contributed by atoms with Crippen LogP contribution in [0.15, 0.2) is 6.07 Å². The van der Waals surface area contributed by atoms with Crippen molar-refractivity contribution in [3.05, 3.63) is 27.3 Å². The van der Waals surface area contributed by atoms with Gasteiger partial charge in [0, 0.05) is 32.2 Å². The Morgan fingerprint density at radius 1 is 1.33 bits per heavy atom. The molecule has 1 aromatic carbocycles. The lowest BCUT2D eigenvalue weighted by atomic mass is 10.0. The van der Waals surface area contributed by atoms with E-state index in [1.807, 2.05) is 0 Å². The summed E-state index contributed by atoms with van der Waals surface area (Å²) in [5.74, 6) is -1.88. The van der Waals surface area contributed by atoms with Crippen LogP contribution in [0, 0.1) is 21.4 Å².